The Bertz CT molecular complexity index is 293. The van der Waals surface area contributed by atoms with Crippen molar-refractivity contribution in [2.75, 3.05) is 53.4 Å². The second kappa shape index (κ2) is 5.55. The van der Waals surface area contributed by atoms with Crippen LogP contribution in [-0.4, -0.2) is 84.7 Å². The molecule has 0 saturated carbocycles. The van der Waals surface area contributed by atoms with Gasteiger partial charge in [0.05, 0.1) is 12.0 Å². The Kier molecular flexibility index (Phi) is 4.25. The SMILES string of the molecule is CN1CCN(C(=O)CC2(O)CCN(C)CC2)CC1. The molecule has 2 rings (SSSR count). The van der Waals surface area contributed by atoms with Gasteiger partial charge in [-0.1, -0.05) is 0 Å². The molecule has 5 heteroatoms. The third kappa shape index (κ3) is 3.43. The lowest BCUT2D eigenvalue weighted by Crippen LogP contribution is -2.51. The number of hydrogen-bond donors (Lipinski definition) is 1. The van der Waals surface area contributed by atoms with Gasteiger partial charge in [-0.2, -0.15) is 0 Å². The monoisotopic (exact) mass is 255 g/mol. The first-order valence-corrected chi connectivity index (χ1v) is 6.86. The molecular formula is C13H25N3O2. The largest absolute Gasteiger partial charge is 0.389 e. The van der Waals surface area contributed by atoms with Crippen LogP contribution in [0.4, 0.5) is 0 Å². The number of piperidine rings is 1. The van der Waals surface area contributed by atoms with E-state index in [0.717, 1.165) is 39.3 Å². The Morgan fingerprint density at radius 1 is 1.00 bits per heavy atom. The lowest BCUT2D eigenvalue weighted by molar-refractivity contribution is -0.140. The van der Waals surface area contributed by atoms with Crippen molar-refractivity contribution in [3.8, 4) is 0 Å². The normalized spacial score (nSPS) is 26.3. The van der Waals surface area contributed by atoms with Gasteiger partial charge >= 0.3 is 0 Å². The predicted octanol–water partition coefficient (Wildman–Crippen LogP) is -0.393. The molecule has 5 nitrogen and oxygen atoms in total. The van der Waals surface area contributed by atoms with E-state index >= 15 is 0 Å². The highest BCUT2D eigenvalue weighted by molar-refractivity contribution is 5.77. The molecule has 1 amide bonds. The maximum atomic E-state index is 12.2. The molecule has 2 aliphatic rings. The predicted molar refractivity (Wildman–Crippen MR) is 70.4 cm³/mol. The maximum absolute atomic E-state index is 12.2. The van der Waals surface area contributed by atoms with Crippen LogP contribution in [0.25, 0.3) is 0 Å². The Balaban J connectivity index is 1.83. The topological polar surface area (TPSA) is 47.0 Å². The fraction of sp³-hybridized carbons (Fsp3) is 0.923. The van der Waals surface area contributed by atoms with Crippen molar-refractivity contribution in [1.29, 1.82) is 0 Å². The summed E-state index contributed by atoms with van der Waals surface area (Å²) in [4.78, 5) is 18.5. The van der Waals surface area contributed by atoms with Gasteiger partial charge in [0.1, 0.15) is 0 Å². The van der Waals surface area contributed by atoms with Gasteiger partial charge in [0.15, 0.2) is 0 Å². The third-order valence-corrected chi connectivity index (χ3v) is 4.25. The molecule has 0 spiro atoms. The van der Waals surface area contributed by atoms with E-state index in [1.807, 2.05) is 4.90 Å². The maximum Gasteiger partial charge on any atom is 0.225 e. The van der Waals surface area contributed by atoms with Crippen molar-refractivity contribution in [1.82, 2.24) is 14.7 Å². The highest BCUT2D eigenvalue weighted by atomic mass is 16.3. The number of piperazine rings is 1. The summed E-state index contributed by atoms with van der Waals surface area (Å²) in [6.45, 7) is 5.23. The van der Waals surface area contributed by atoms with E-state index in [1.54, 1.807) is 0 Å². The summed E-state index contributed by atoms with van der Waals surface area (Å²) in [6, 6.07) is 0. The van der Waals surface area contributed by atoms with Gasteiger partial charge < -0.3 is 19.8 Å². The molecule has 2 fully saturated rings. The molecule has 0 radical (unpaired) electrons. The van der Waals surface area contributed by atoms with Crippen LogP contribution in [0, 0.1) is 0 Å². The van der Waals surface area contributed by atoms with Gasteiger partial charge in [-0.05, 0) is 26.9 Å². The first-order valence-electron chi connectivity index (χ1n) is 6.86. The molecule has 2 saturated heterocycles. The van der Waals surface area contributed by atoms with E-state index in [0.29, 0.717) is 19.3 Å². The first kappa shape index (κ1) is 13.8. The number of aliphatic hydroxyl groups is 1. The van der Waals surface area contributed by atoms with Crippen molar-refractivity contribution in [3.05, 3.63) is 0 Å². The average molecular weight is 255 g/mol. The van der Waals surface area contributed by atoms with Gasteiger partial charge in [0, 0.05) is 39.3 Å². The fourth-order valence-corrected chi connectivity index (χ4v) is 2.66. The minimum absolute atomic E-state index is 0.121. The summed E-state index contributed by atoms with van der Waals surface area (Å²) in [6.07, 6.45) is 1.72. The third-order valence-electron chi connectivity index (χ3n) is 4.25. The summed E-state index contributed by atoms with van der Waals surface area (Å²) in [5, 5.41) is 10.5. The molecule has 0 aromatic rings. The molecular weight excluding hydrogens is 230 g/mol. The van der Waals surface area contributed by atoms with Crippen LogP contribution in [0.5, 0.6) is 0 Å². The molecule has 18 heavy (non-hydrogen) atoms. The molecule has 0 aromatic carbocycles. The number of hydrogen-bond acceptors (Lipinski definition) is 4. The summed E-state index contributed by atoms with van der Waals surface area (Å²) in [7, 11) is 4.13. The Labute approximate surface area is 109 Å². The number of likely N-dealkylation sites (N-methyl/N-ethyl adjacent to an activating group) is 1. The van der Waals surface area contributed by atoms with Crippen LogP contribution in [0.3, 0.4) is 0 Å². The first-order chi connectivity index (χ1) is 8.48. The Hall–Kier alpha value is -0.650. The second-order valence-corrected chi connectivity index (χ2v) is 5.89. The van der Waals surface area contributed by atoms with E-state index in [4.69, 9.17) is 0 Å². The minimum Gasteiger partial charge on any atom is -0.389 e. The lowest BCUT2D eigenvalue weighted by atomic mass is 9.88. The minimum atomic E-state index is -0.771. The number of carbonyl (C=O) groups is 1. The number of rotatable bonds is 2. The van der Waals surface area contributed by atoms with Crippen LogP contribution >= 0.6 is 0 Å². The molecule has 0 atom stereocenters. The summed E-state index contributed by atoms with van der Waals surface area (Å²) in [5.74, 6) is 0.121. The van der Waals surface area contributed by atoms with Crippen LogP contribution < -0.4 is 0 Å². The molecule has 0 unspecified atom stereocenters. The van der Waals surface area contributed by atoms with Gasteiger partial charge in [-0.15, -0.1) is 0 Å². The molecule has 2 heterocycles. The van der Waals surface area contributed by atoms with Crippen LogP contribution in [0.1, 0.15) is 19.3 Å². The van der Waals surface area contributed by atoms with E-state index in [-0.39, 0.29) is 5.91 Å². The van der Waals surface area contributed by atoms with E-state index in [9.17, 15) is 9.90 Å². The Morgan fingerprint density at radius 3 is 2.06 bits per heavy atom. The van der Waals surface area contributed by atoms with Crippen molar-refractivity contribution in [2.45, 2.75) is 24.9 Å². The molecule has 1 N–H and O–H groups in total. The van der Waals surface area contributed by atoms with Gasteiger partial charge in [-0.25, -0.2) is 0 Å². The van der Waals surface area contributed by atoms with Crippen LogP contribution in [0.2, 0.25) is 0 Å². The van der Waals surface area contributed by atoms with Gasteiger partial charge in [-0.3, -0.25) is 4.79 Å². The molecule has 2 aliphatic heterocycles. The van der Waals surface area contributed by atoms with E-state index < -0.39 is 5.60 Å². The smallest absolute Gasteiger partial charge is 0.225 e. The van der Waals surface area contributed by atoms with Crippen LogP contribution in [-0.2, 0) is 4.79 Å². The van der Waals surface area contributed by atoms with Gasteiger partial charge in [0.25, 0.3) is 0 Å². The van der Waals surface area contributed by atoms with Crippen LogP contribution in [0.15, 0.2) is 0 Å². The second-order valence-electron chi connectivity index (χ2n) is 5.89. The van der Waals surface area contributed by atoms with Crippen molar-refractivity contribution >= 4 is 5.91 Å². The van der Waals surface area contributed by atoms with Crippen molar-refractivity contribution in [2.24, 2.45) is 0 Å². The molecule has 0 bridgehead atoms. The summed E-state index contributed by atoms with van der Waals surface area (Å²) >= 11 is 0. The standard InChI is InChI=1S/C13H25N3O2/c1-14-5-3-13(18,4-6-14)11-12(17)16-9-7-15(2)8-10-16/h18H,3-11H2,1-2H3. The van der Waals surface area contributed by atoms with Gasteiger partial charge in [0.2, 0.25) is 5.91 Å². The zero-order chi connectivity index (χ0) is 13.2. The number of nitrogens with zero attached hydrogens (tertiary/aromatic N) is 3. The summed E-state index contributed by atoms with van der Waals surface area (Å²) < 4.78 is 0. The van der Waals surface area contributed by atoms with E-state index in [1.165, 1.54) is 0 Å². The highest BCUT2D eigenvalue weighted by Crippen LogP contribution is 2.25. The van der Waals surface area contributed by atoms with E-state index in [2.05, 4.69) is 23.9 Å². The molecule has 0 aromatic heterocycles. The van der Waals surface area contributed by atoms with Crippen molar-refractivity contribution in [3.63, 3.8) is 0 Å². The summed E-state index contributed by atoms with van der Waals surface area (Å²) in [5.41, 5.74) is -0.771. The highest BCUT2D eigenvalue weighted by Gasteiger charge is 2.35. The number of likely N-dealkylation sites (tertiary alicyclic amines) is 1. The average Bonchev–Trinajstić information content (AvgIpc) is 2.34. The Morgan fingerprint density at radius 2 is 1.50 bits per heavy atom. The number of amides is 1. The fourth-order valence-electron chi connectivity index (χ4n) is 2.66. The zero-order valence-corrected chi connectivity index (χ0v) is 11.6. The zero-order valence-electron chi connectivity index (χ0n) is 11.6. The van der Waals surface area contributed by atoms with Crippen molar-refractivity contribution < 1.29 is 9.90 Å². The molecule has 104 valence electrons. The number of carbonyl (C=O) groups excluding carboxylic acids is 1. The lowest BCUT2D eigenvalue weighted by Gasteiger charge is -2.38. The molecule has 0 aliphatic carbocycles. The quantitative estimate of drug-likeness (QED) is 0.730.